The number of halogens is 2. The normalized spacial score (nSPS) is 12.3. The zero-order valence-corrected chi connectivity index (χ0v) is 14.8. The summed E-state index contributed by atoms with van der Waals surface area (Å²) in [6.07, 6.45) is 1.99. The minimum atomic E-state index is -1.03. The lowest BCUT2D eigenvalue weighted by molar-refractivity contribution is 0.0898. The largest absolute Gasteiger partial charge is 0.361 e. The van der Waals surface area contributed by atoms with Crippen LogP contribution in [0.3, 0.4) is 0 Å². The fourth-order valence-corrected chi connectivity index (χ4v) is 3.19. The lowest BCUT2D eigenvalue weighted by atomic mass is 10.3. The van der Waals surface area contributed by atoms with Crippen LogP contribution in [-0.2, 0) is 11.5 Å². The number of pyridine rings is 1. The molecule has 0 spiro atoms. The summed E-state index contributed by atoms with van der Waals surface area (Å²) in [5.74, 6) is 0. The summed E-state index contributed by atoms with van der Waals surface area (Å²) in [6.45, 7) is 8.35. The van der Waals surface area contributed by atoms with Crippen molar-refractivity contribution in [2.75, 3.05) is 6.61 Å². The quantitative estimate of drug-likeness (QED) is 0.436. The van der Waals surface area contributed by atoms with Gasteiger partial charge in [-0.2, -0.15) is 0 Å². The van der Waals surface area contributed by atoms with E-state index in [-0.39, 0.29) is 0 Å². The number of fused-ring (bicyclic) bond motifs is 1. The molecule has 2 aromatic heterocycles. The van der Waals surface area contributed by atoms with Crippen molar-refractivity contribution in [2.24, 2.45) is 0 Å². The average molecular weight is 362 g/mol. The topological polar surface area (TPSA) is 27.1 Å². The van der Waals surface area contributed by atoms with Crippen molar-refractivity contribution in [2.45, 2.75) is 32.4 Å². The molecule has 104 valence electrons. The maximum atomic E-state index is 5.95. The molecule has 0 saturated carbocycles. The van der Waals surface area contributed by atoms with E-state index in [4.69, 9.17) is 16.3 Å². The summed E-state index contributed by atoms with van der Waals surface area (Å²) >= 11 is 9.48. The van der Waals surface area contributed by atoms with Gasteiger partial charge in [0.2, 0.25) is 0 Å². The van der Waals surface area contributed by atoms with E-state index in [0.717, 1.165) is 22.1 Å². The summed E-state index contributed by atoms with van der Waals surface area (Å²) in [7, 11) is -1.03. The van der Waals surface area contributed by atoms with E-state index >= 15 is 0 Å². The minimum Gasteiger partial charge on any atom is -0.361 e. The Balaban J connectivity index is 2.07. The first-order valence-electron chi connectivity index (χ1n) is 6.25. The summed E-state index contributed by atoms with van der Waals surface area (Å²) in [5, 5.41) is 1.56. The third-order valence-electron chi connectivity index (χ3n) is 2.87. The molecule has 0 aliphatic carbocycles. The van der Waals surface area contributed by atoms with Crippen molar-refractivity contribution in [1.82, 2.24) is 9.55 Å². The van der Waals surface area contributed by atoms with Gasteiger partial charge in [-0.15, -0.1) is 0 Å². The number of hydrogen-bond acceptors (Lipinski definition) is 2. The number of aromatic nitrogens is 2. The van der Waals surface area contributed by atoms with Crippen LogP contribution in [0.25, 0.3) is 11.0 Å². The highest BCUT2D eigenvalue weighted by Crippen LogP contribution is 2.26. The van der Waals surface area contributed by atoms with Crippen LogP contribution in [-0.4, -0.2) is 24.2 Å². The maximum Gasteiger partial charge on any atom is 0.144 e. The van der Waals surface area contributed by atoms with Crippen molar-refractivity contribution in [1.29, 1.82) is 0 Å². The van der Waals surface area contributed by atoms with Gasteiger partial charge in [0.1, 0.15) is 17.5 Å². The second-order valence-electron chi connectivity index (χ2n) is 5.80. The molecule has 0 bridgehead atoms. The molecular weight excluding hydrogens is 344 g/mol. The van der Waals surface area contributed by atoms with Crippen molar-refractivity contribution in [3.05, 3.63) is 28.0 Å². The molecule has 2 rings (SSSR count). The van der Waals surface area contributed by atoms with E-state index in [1.165, 1.54) is 6.04 Å². The van der Waals surface area contributed by atoms with Crippen LogP contribution >= 0.6 is 27.5 Å². The summed E-state index contributed by atoms with van der Waals surface area (Å²) < 4.78 is 8.75. The van der Waals surface area contributed by atoms with Gasteiger partial charge in [0.05, 0.1) is 0 Å². The molecule has 0 amide bonds. The highest BCUT2D eigenvalue weighted by molar-refractivity contribution is 9.10. The second-order valence-corrected chi connectivity index (χ2v) is 12.7. The summed E-state index contributed by atoms with van der Waals surface area (Å²) in [4.78, 5) is 4.35. The Morgan fingerprint density at radius 2 is 2.11 bits per heavy atom. The minimum absolute atomic E-state index is 0.501. The third kappa shape index (κ3) is 4.05. The number of hydrogen-bond donors (Lipinski definition) is 0. The molecular formula is C13H18BrClN2OSi. The average Bonchev–Trinajstić information content (AvgIpc) is 2.60. The van der Waals surface area contributed by atoms with Gasteiger partial charge < -0.3 is 9.30 Å². The Hall–Kier alpha value is -0.363. The van der Waals surface area contributed by atoms with Gasteiger partial charge in [-0.3, -0.25) is 0 Å². The molecule has 2 heterocycles. The van der Waals surface area contributed by atoms with Gasteiger partial charge in [-0.1, -0.05) is 31.2 Å². The fourth-order valence-electron chi connectivity index (χ4n) is 1.74. The molecule has 3 nitrogen and oxygen atoms in total. The van der Waals surface area contributed by atoms with Crippen molar-refractivity contribution < 1.29 is 4.74 Å². The first-order chi connectivity index (χ1) is 8.87. The van der Waals surface area contributed by atoms with Crippen molar-refractivity contribution >= 4 is 46.6 Å². The van der Waals surface area contributed by atoms with Gasteiger partial charge in [0, 0.05) is 30.7 Å². The van der Waals surface area contributed by atoms with Gasteiger partial charge in [-0.25, -0.2) is 4.98 Å². The van der Waals surface area contributed by atoms with Crippen molar-refractivity contribution in [3.8, 4) is 0 Å². The fraction of sp³-hybridized carbons (Fsp3) is 0.462. The number of ether oxygens (including phenoxy) is 1. The second kappa shape index (κ2) is 5.95. The predicted octanol–water partition coefficient (Wildman–Crippen LogP) is 4.76. The van der Waals surface area contributed by atoms with Gasteiger partial charge in [-0.05, 0) is 34.1 Å². The van der Waals surface area contributed by atoms with Crippen molar-refractivity contribution in [3.63, 3.8) is 0 Å². The van der Waals surface area contributed by atoms with Gasteiger partial charge in [0.25, 0.3) is 0 Å². The Kier molecular flexibility index (Phi) is 4.71. The van der Waals surface area contributed by atoms with Crippen LogP contribution in [0.4, 0.5) is 0 Å². The van der Waals surface area contributed by atoms with Gasteiger partial charge >= 0.3 is 0 Å². The van der Waals surface area contributed by atoms with E-state index in [9.17, 15) is 0 Å². The molecule has 19 heavy (non-hydrogen) atoms. The Bertz CT molecular complexity index is 580. The molecule has 0 saturated heterocycles. The van der Waals surface area contributed by atoms with E-state index in [0.29, 0.717) is 11.9 Å². The Morgan fingerprint density at radius 3 is 2.79 bits per heavy atom. The zero-order valence-electron chi connectivity index (χ0n) is 11.4. The van der Waals surface area contributed by atoms with Crippen LogP contribution in [0.1, 0.15) is 0 Å². The highest BCUT2D eigenvalue weighted by Gasteiger charge is 2.13. The molecule has 6 heteroatoms. The smallest absolute Gasteiger partial charge is 0.144 e. The molecule has 0 radical (unpaired) electrons. The molecule has 0 N–H and O–H groups in total. The molecule has 0 atom stereocenters. The lowest BCUT2D eigenvalue weighted by Crippen LogP contribution is -2.22. The van der Waals surface area contributed by atoms with E-state index in [1.54, 1.807) is 6.07 Å². The summed E-state index contributed by atoms with van der Waals surface area (Å²) in [6, 6.07) is 4.93. The summed E-state index contributed by atoms with van der Waals surface area (Å²) in [5.41, 5.74) is 0.854. The first kappa shape index (κ1) is 15.0. The molecule has 0 aromatic carbocycles. The number of nitrogens with zero attached hydrogens (tertiary/aromatic N) is 2. The predicted molar refractivity (Wildman–Crippen MR) is 86.5 cm³/mol. The molecule has 0 unspecified atom stereocenters. The van der Waals surface area contributed by atoms with Gasteiger partial charge in [0.15, 0.2) is 0 Å². The van der Waals surface area contributed by atoms with Crippen LogP contribution in [0, 0.1) is 0 Å². The monoisotopic (exact) mass is 360 g/mol. The zero-order chi connectivity index (χ0) is 14.0. The van der Waals surface area contributed by atoms with Crippen LogP contribution in [0.2, 0.25) is 30.8 Å². The molecule has 0 fully saturated rings. The lowest BCUT2D eigenvalue weighted by Gasteiger charge is -2.15. The maximum absolute atomic E-state index is 5.95. The van der Waals surface area contributed by atoms with Crippen LogP contribution < -0.4 is 0 Å². The Labute approximate surface area is 128 Å². The number of rotatable bonds is 5. The SMILES string of the molecule is C[Si](C)(C)CCOCn1cc(Br)c2ccc(Cl)nc21. The molecule has 2 aromatic rings. The van der Waals surface area contributed by atoms with Crippen LogP contribution in [0.5, 0.6) is 0 Å². The van der Waals surface area contributed by atoms with E-state index < -0.39 is 8.07 Å². The van der Waals surface area contributed by atoms with Crippen LogP contribution in [0.15, 0.2) is 22.8 Å². The molecule has 0 aliphatic rings. The standard InChI is InChI=1S/C13H18BrClN2OSi/c1-19(2,3)7-6-18-9-17-8-11(14)10-4-5-12(15)16-13(10)17/h4-5,8H,6-7,9H2,1-3H3. The Morgan fingerprint density at radius 1 is 1.37 bits per heavy atom. The van der Waals surface area contributed by atoms with E-state index in [2.05, 4.69) is 40.6 Å². The van der Waals surface area contributed by atoms with E-state index in [1.807, 2.05) is 16.8 Å². The third-order valence-corrected chi connectivity index (χ3v) is 5.41. The first-order valence-corrected chi connectivity index (χ1v) is 11.1. The highest BCUT2D eigenvalue weighted by atomic mass is 79.9. The molecule has 0 aliphatic heterocycles.